The second kappa shape index (κ2) is 8.63. The van der Waals surface area contributed by atoms with E-state index in [2.05, 4.69) is 15.8 Å². The van der Waals surface area contributed by atoms with E-state index < -0.39 is 5.60 Å². The molecule has 0 aliphatic carbocycles. The minimum absolute atomic E-state index is 0.289. The van der Waals surface area contributed by atoms with Gasteiger partial charge in [-0.25, -0.2) is 9.18 Å². The molecule has 2 aliphatic heterocycles. The van der Waals surface area contributed by atoms with E-state index in [9.17, 15) is 14.0 Å². The Kier molecular flexibility index (Phi) is 5.75. The first kappa shape index (κ1) is 20.6. The molecule has 2 aliphatic rings. The number of hydrogen-bond acceptors (Lipinski definition) is 5. The summed E-state index contributed by atoms with van der Waals surface area (Å²) < 4.78 is 18.2. The number of amides is 3. The summed E-state index contributed by atoms with van der Waals surface area (Å²) in [5, 5.41) is 9.57. The first-order valence-electron chi connectivity index (χ1n) is 9.98. The number of anilines is 2. The second-order valence-corrected chi connectivity index (χ2v) is 7.63. The van der Waals surface area contributed by atoms with E-state index >= 15 is 0 Å². The largest absolute Gasteiger partial charge is 0.497 e. The molecule has 0 bridgehead atoms. The topological polar surface area (TPSA) is 92.3 Å². The molecule has 3 amide bonds. The molecule has 1 saturated heterocycles. The summed E-state index contributed by atoms with van der Waals surface area (Å²) in [6.45, 7) is 0.869. The van der Waals surface area contributed by atoms with Crippen molar-refractivity contribution in [3.05, 3.63) is 54.3 Å². The minimum Gasteiger partial charge on any atom is -0.497 e. The average Bonchev–Trinajstić information content (AvgIpc) is 3.19. The van der Waals surface area contributed by atoms with Crippen molar-refractivity contribution in [1.29, 1.82) is 0 Å². The van der Waals surface area contributed by atoms with Crippen LogP contribution in [0.1, 0.15) is 19.3 Å². The van der Waals surface area contributed by atoms with Gasteiger partial charge in [0, 0.05) is 24.3 Å². The summed E-state index contributed by atoms with van der Waals surface area (Å²) in [5.74, 6) is -0.0125. The van der Waals surface area contributed by atoms with E-state index in [1.807, 2.05) is 0 Å². The summed E-state index contributed by atoms with van der Waals surface area (Å²) in [5.41, 5.74) is 0.703. The molecule has 2 N–H and O–H groups in total. The first-order chi connectivity index (χ1) is 15.0. The lowest BCUT2D eigenvalue weighted by Crippen LogP contribution is -2.52. The maximum absolute atomic E-state index is 13.1. The van der Waals surface area contributed by atoms with Crippen LogP contribution in [-0.2, 0) is 9.63 Å². The van der Waals surface area contributed by atoms with Gasteiger partial charge in [-0.3, -0.25) is 4.79 Å². The van der Waals surface area contributed by atoms with Crippen molar-refractivity contribution < 1.29 is 23.6 Å². The van der Waals surface area contributed by atoms with Gasteiger partial charge in [-0.2, -0.15) is 0 Å². The molecule has 31 heavy (non-hydrogen) atoms. The van der Waals surface area contributed by atoms with Crippen LogP contribution in [0.15, 0.2) is 53.7 Å². The Balaban J connectivity index is 1.35. The van der Waals surface area contributed by atoms with Crippen LogP contribution < -0.4 is 15.4 Å². The maximum atomic E-state index is 13.1. The molecule has 1 spiro atoms. The molecule has 0 saturated carbocycles. The zero-order valence-corrected chi connectivity index (χ0v) is 17.1. The molecule has 0 unspecified atom stereocenters. The number of ether oxygens (including phenoxy) is 1. The third kappa shape index (κ3) is 4.76. The highest BCUT2D eigenvalue weighted by molar-refractivity contribution is 6.43. The quantitative estimate of drug-likeness (QED) is 0.781. The molecule has 8 nitrogen and oxygen atoms in total. The van der Waals surface area contributed by atoms with Gasteiger partial charge < -0.3 is 25.1 Å². The summed E-state index contributed by atoms with van der Waals surface area (Å²) in [4.78, 5) is 32.5. The van der Waals surface area contributed by atoms with E-state index in [-0.39, 0.29) is 23.5 Å². The number of oxime groups is 1. The van der Waals surface area contributed by atoms with Crippen LogP contribution in [0, 0.1) is 5.82 Å². The number of likely N-dealkylation sites (tertiary alicyclic amines) is 1. The molecule has 1 fully saturated rings. The maximum Gasteiger partial charge on any atom is 0.321 e. The fourth-order valence-corrected chi connectivity index (χ4v) is 3.75. The number of nitrogens with one attached hydrogen (secondary N) is 2. The highest BCUT2D eigenvalue weighted by Crippen LogP contribution is 2.34. The Bertz CT molecular complexity index is 994. The van der Waals surface area contributed by atoms with Crippen molar-refractivity contribution in [2.24, 2.45) is 5.16 Å². The van der Waals surface area contributed by atoms with Crippen LogP contribution in [0.3, 0.4) is 0 Å². The van der Waals surface area contributed by atoms with Crippen LogP contribution in [0.25, 0.3) is 0 Å². The van der Waals surface area contributed by atoms with Gasteiger partial charge in [0.25, 0.3) is 5.91 Å². The fraction of sp³-hybridized carbons (Fsp3) is 0.318. The van der Waals surface area contributed by atoms with Crippen LogP contribution in [0.4, 0.5) is 20.6 Å². The van der Waals surface area contributed by atoms with E-state index in [1.54, 1.807) is 36.3 Å². The Morgan fingerprint density at radius 2 is 1.77 bits per heavy atom. The predicted molar refractivity (Wildman–Crippen MR) is 114 cm³/mol. The summed E-state index contributed by atoms with van der Waals surface area (Å²) >= 11 is 0. The zero-order valence-electron chi connectivity index (χ0n) is 17.1. The fourth-order valence-electron chi connectivity index (χ4n) is 3.75. The number of carbonyl (C=O) groups is 2. The molecule has 4 rings (SSSR count). The van der Waals surface area contributed by atoms with Crippen molar-refractivity contribution in [3.8, 4) is 5.75 Å². The standard InChI is InChI=1S/C22H23FN4O4/c1-30-18-9-7-16(8-10-18)24-20(28)19-13-22(31-26-19)11-2-12-27(14-22)21(29)25-17-5-3-15(23)4-6-17/h3-10H,2,11-14H2,1H3,(H,24,28)(H,25,29)/t22-/m0/s1. The molecule has 2 heterocycles. The first-order valence-corrected chi connectivity index (χ1v) is 9.98. The molecule has 9 heteroatoms. The molecule has 162 valence electrons. The van der Waals surface area contributed by atoms with Gasteiger partial charge in [0.2, 0.25) is 0 Å². The molecule has 2 aromatic carbocycles. The number of rotatable bonds is 4. The van der Waals surface area contributed by atoms with Gasteiger partial charge in [-0.1, -0.05) is 5.16 Å². The number of piperidine rings is 1. The molecular formula is C22H23FN4O4. The van der Waals surface area contributed by atoms with Gasteiger partial charge >= 0.3 is 6.03 Å². The summed E-state index contributed by atoms with van der Waals surface area (Å²) in [7, 11) is 1.57. The van der Waals surface area contributed by atoms with Crippen molar-refractivity contribution in [2.45, 2.75) is 24.9 Å². The van der Waals surface area contributed by atoms with E-state index in [1.165, 1.54) is 24.3 Å². The molecular weight excluding hydrogens is 403 g/mol. The van der Waals surface area contributed by atoms with Crippen molar-refractivity contribution in [1.82, 2.24) is 4.90 Å². The van der Waals surface area contributed by atoms with Crippen LogP contribution in [0.2, 0.25) is 0 Å². The number of nitrogens with zero attached hydrogens (tertiary/aromatic N) is 2. The Hall–Kier alpha value is -3.62. The number of methoxy groups -OCH3 is 1. The lowest BCUT2D eigenvalue weighted by Gasteiger charge is -2.38. The molecule has 2 aromatic rings. The van der Waals surface area contributed by atoms with Crippen LogP contribution in [-0.4, -0.2) is 48.4 Å². The molecule has 0 radical (unpaired) electrons. The Morgan fingerprint density at radius 1 is 1.10 bits per heavy atom. The number of hydrogen-bond donors (Lipinski definition) is 2. The molecule has 0 aromatic heterocycles. The van der Waals surface area contributed by atoms with Crippen molar-refractivity contribution >= 4 is 29.0 Å². The summed E-state index contributed by atoms with van der Waals surface area (Å²) in [6, 6.07) is 12.3. The lowest BCUT2D eigenvalue weighted by molar-refractivity contribution is -0.110. The number of carbonyl (C=O) groups excluding carboxylic acids is 2. The van der Waals surface area contributed by atoms with Gasteiger partial charge in [0.1, 0.15) is 17.3 Å². The lowest BCUT2D eigenvalue weighted by atomic mass is 9.88. The average molecular weight is 426 g/mol. The monoisotopic (exact) mass is 426 g/mol. The number of halogens is 1. The zero-order chi connectivity index (χ0) is 21.8. The minimum atomic E-state index is -0.717. The third-order valence-electron chi connectivity index (χ3n) is 5.37. The van der Waals surface area contributed by atoms with Crippen LogP contribution in [0.5, 0.6) is 5.75 Å². The van der Waals surface area contributed by atoms with E-state index in [4.69, 9.17) is 9.57 Å². The van der Waals surface area contributed by atoms with Crippen molar-refractivity contribution in [3.63, 3.8) is 0 Å². The number of urea groups is 1. The van der Waals surface area contributed by atoms with Gasteiger partial charge in [0.05, 0.1) is 13.7 Å². The molecule has 1 atom stereocenters. The Labute approximate surface area is 179 Å². The normalized spacial score (nSPS) is 20.1. The highest BCUT2D eigenvalue weighted by Gasteiger charge is 2.45. The van der Waals surface area contributed by atoms with Gasteiger partial charge in [0.15, 0.2) is 5.60 Å². The van der Waals surface area contributed by atoms with Gasteiger partial charge in [-0.05, 0) is 61.4 Å². The van der Waals surface area contributed by atoms with Gasteiger partial charge in [-0.15, -0.1) is 0 Å². The smallest absolute Gasteiger partial charge is 0.321 e. The van der Waals surface area contributed by atoms with E-state index in [0.29, 0.717) is 43.1 Å². The third-order valence-corrected chi connectivity index (χ3v) is 5.37. The van der Waals surface area contributed by atoms with Crippen molar-refractivity contribution in [2.75, 3.05) is 30.8 Å². The number of benzene rings is 2. The Morgan fingerprint density at radius 3 is 2.48 bits per heavy atom. The highest BCUT2D eigenvalue weighted by atomic mass is 19.1. The SMILES string of the molecule is COc1ccc(NC(=O)C2=NO[C@@]3(CCCN(C(=O)Nc4ccc(F)cc4)C3)C2)cc1. The van der Waals surface area contributed by atoms with E-state index in [0.717, 1.165) is 6.42 Å². The van der Waals surface area contributed by atoms with Crippen LogP contribution >= 0.6 is 0 Å². The predicted octanol–water partition coefficient (Wildman–Crippen LogP) is 3.62. The summed E-state index contributed by atoms with van der Waals surface area (Å²) in [6.07, 6.45) is 1.73. The second-order valence-electron chi connectivity index (χ2n) is 7.63.